The van der Waals surface area contributed by atoms with Crippen LogP contribution in [0.5, 0.6) is 0 Å². The molecule has 1 unspecified atom stereocenters. The molecule has 0 spiro atoms. The van der Waals surface area contributed by atoms with Gasteiger partial charge in [-0.05, 0) is 39.3 Å². The second kappa shape index (κ2) is 5.20. The van der Waals surface area contributed by atoms with Crippen LogP contribution in [0.2, 0.25) is 0 Å². The summed E-state index contributed by atoms with van der Waals surface area (Å²) in [5, 5.41) is 2.02. The summed E-state index contributed by atoms with van der Waals surface area (Å²) in [4.78, 5) is 21.7. The maximum Gasteiger partial charge on any atom is 0.407 e. The van der Waals surface area contributed by atoms with Gasteiger partial charge in [0.25, 0.3) is 0 Å². The van der Waals surface area contributed by atoms with Gasteiger partial charge in [0.1, 0.15) is 5.60 Å². The monoisotopic (exact) mass is 221 g/mol. The van der Waals surface area contributed by atoms with Gasteiger partial charge in [-0.1, -0.05) is 0 Å². The van der Waals surface area contributed by atoms with Crippen LogP contribution in [0.15, 0.2) is 0 Å². The summed E-state index contributed by atoms with van der Waals surface area (Å²) in [5.41, 5.74) is -0.533. The van der Waals surface area contributed by atoms with E-state index in [1.54, 1.807) is 27.7 Å². The molecular formula is C9H16ClNO3. The standard InChI is InChI=1S/C9H16ClNO3/c1-6(5-7(10)12)11-8(13)14-9(2,3)4/h6H,5H2,1-4H3,(H,11,13). The fourth-order valence-corrected chi connectivity index (χ4v) is 1.03. The van der Waals surface area contributed by atoms with Crippen molar-refractivity contribution in [1.29, 1.82) is 0 Å². The highest BCUT2D eigenvalue weighted by Gasteiger charge is 2.18. The molecule has 0 aliphatic carbocycles. The maximum atomic E-state index is 11.2. The zero-order chi connectivity index (χ0) is 11.4. The lowest BCUT2D eigenvalue weighted by Crippen LogP contribution is -2.38. The fourth-order valence-electron chi connectivity index (χ4n) is 0.800. The number of rotatable bonds is 3. The molecule has 1 N–H and O–H groups in total. The molecule has 0 heterocycles. The molecule has 0 fully saturated rings. The van der Waals surface area contributed by atoms with Crippen LogP contribution < -0.4 is 5.32 Å². The Labute approximate surface area is 88.9 Å². The van der Waals surface area contributed by atoms with Crippen molar-refractivity contribution in [3.63, 3.8) is 0 Å². The van der Waals surface area contributed by atoms with Crippen molar-refractivity contribution in [3.8, 4) is 0 Å². The number of carbonyl (C=O) groups is 2. The van der Waals surface area contributed by atoms with E-state index in [1.165, 1.54) is 0 Å². The molecule has 0 aromatic carbocycles. The lowest BCUT2D eigenvalue weighted by molar-refractivity contribution is -0.112. The van der Waals surface area contributed by atoms with Gasteiger partial charge >= 0.3 is 6.09 Å². The number of ether oxygens (including phenoxy) is 1. The van der Waals surface area contributed by atoms with E-state index in [0.717, 1.165) is 0 Å². The van der Waals surface area contributed by atoms with Gasteiger partial charge in [0, 0.05) is 12.5 Å². The predicted octanol–water partition coefficient (Wildman–Crippen LogP) is 2.06. The van der Waals surface area contributed by atoms with Gasteiger partial charge in [-0.3, -0.25) is 4.79 Å². The van der Waals surface area contributed by atoms with Gasteiger partial charge in [-0.25, -0.2) is 4.79 Å². The minimum absolute atomic E-state index is 0.0980. The highest BCUT2D eigenvalue weighted by molar-refractivity contribution is 6.63. The van der Waals surface area contributed by atoms with Crippen LogP contribution in [0.1, 0.15) is 34.1 Å². The van der Waals surface area contributed by atoms with Crippen molar-refractivity contribution >= 4 is 22.9 Å². The first kappa shape index (κ1) is 13.2. The van der Waals surface area contributed by atoms with Crippen molar-refractivity contribution in [3.05, 3.63) is 0 Å². The van der Waals surface area contributed by atoms with Gasteiger partial charge in [0.15, 0.2) is 0 Å². The van der Waals surface area contributed by atoms with Crippen molar-refractivity contribution in [2.75, 3.05) is 0 Å². The molecule has 14 heavy (non-hydrogen) atoms. The summed E-state index contributed by atoms with van der Waals surface area (Å²) in [5.74, 6) is 0. The second-order valence-corrected chi connectivity index (χ2v) is 4.53. The summed E-state index contributed by atoms with van der Waals surface area (Å²) in [6, 6.07) is -0.310. The van der Waals surface area contributed by atoms with Crippen LogP contribution in [-0.2, 0) is 9.53 Å². The van der Waals surface area contributed by atoms with E-state index in [1.807, 2.05) is 0 Å². The summed E-state index contributed by atoms with van der Waals surface area (Å²) >= 11 is 5.16. The van der Waals surface area contributed by atoms with Crippen LogP contribution in [0.3, 0.4) is 0 Å². The molecule has 0 saturated carbocycles. The first-order valence-electron chi connectivity index (χ1n) is 4.38. The Kier molecular flexibility index (Phi) is 4.91. The average molecular weight is 222 g/mol. The van der Waals surface area contributed by atoms with Crippen molar-refractivity contribution in [1.82, 2.24) is 5.32 Å². The fraction of sp³-hybridized carbons (Fsp3) is 0.778. The average Bonchev–Trinajstić information content (AvgIpc) is 1.77. The van der Waals surface area contributed by atoms with Crippen molar-refractivity contribution < 1.29 is 14.3 Å². The Morgan fingerprint density at radius 2 is 1.93 bits per heavy atom. The molecule has 5 heteroatoms. The quantitative estimate of drug-likeness (QED) is 0.743. The van der Waals surface area contributed by atoms with E-state index in [0.29, 0.717) is 0 Å². The first-order chi connectivity index (χ1) is 6.20. The van der Waals surface area contributed by atoms with Gasteiger partial charge in [-0.15, -0.1) is 0 Å². The van der Waals surface area contributed by atoms with E-state index in [-0.39, 0.29) is 12.5 Å². The second-order valence-electron chi connectivity index (χ2n) is 4.11. The van der Waals surface area contributed by atoms with E-state index in [2.05, 4.69) is 5.32 Å². The van der Waals surface area contributed by atoms with E-state index < -0.39 is 16.9 Å². The van der Waals surface area contributed by atoms with Crippen LogP contribution in [0.4, 0.5) is 4.79 Å². The Bertz CT molecular complexity index is 223. The topological polar surface area (TPSA) is 55.4 Å². The van der Waals surface area contributed by atoms with Gasteiger partial charge in [0.05, 0.1) is 0 Å². The molecule has 0 aliphatic rings. The molecule has 0 aromatic rings. The van der Waals surface area contributed by atoms with Gasteiger partial charge in [-0.2, -0.15) is 0 Å². The van der Waals surface area contributed by atoms with E-state index in [4.69, 9.17) is 16.3 Å². The first-order valence-corrected chi connectivity index (χ1v) is 4.76. The smallest absolute Gasteiger partial charge is 0.407 e. The Balaban J connectivity index is 3.89. The third-order valence-electron chi connectivity index (χ3n) is 1.23. The zero-order valence-electron chi connectivity index (χ0n) is 8.89. The van der Waals surface area contributed by atoms with Gasteiger partial charge in [0.2, 0.25) is 5.24 Å². The predicted molar refractivity (Wildman–Crippen MR) is 54.3 cm³/mol. The molecule has 1 atom stereocenters. The number of hydrogen-bond donors (Lipinski definition) is 1. The number of alkyl carbamates (subject to hydrolysis) is 1. The molecule has 0 saturated heterocycles. The Morgan fingerprint density at radius 1 is 1.43 bits per heavy atom. The van der Waals surface area contributed by atoms with Crippen molar-refractivity contribution in [2.24, 2.45) is 0 Å². The number of amides is 1. The summed E-state index contributed by atoms with van der Waals surface area (Å²) < 4.78 is 4.99. The highest BCUT2D eigenvalue weighted by Crippen LogP contribution is 2.07. The third-order valence-corrected chi connectivity index (χ3v) is 1.38. The Hall–Kier alpha value is -0.770. The molecular weight excluding hydrogens is 206 g/mol. The highest BCUT2D eigenvalue weighted by atomic mass is 35.5. The minimum Gasteiger partial charge on any atom is -0.444 e. The van der Waals surface area contributed by atoms with E-state index >= 15 is 0 Å². The molecule has 4 nitrogen and oxygen atoms in total. The summed E-state index contributed by atoms with van der Waals surface area (Å²) in [6.45, 7) is 6.99. The van der Waals surface area contributed by atoms with Crippen LogP contribution in [0, 0.1) is 0 Å². The molecule has 0 rings (SSSR count). The molecule has 0 aromatic heterocycles. The van der Waals surface area contributed by atoms with Crippen LogP contribution >= 0.6 is 11.6 Å². The molecule has 0 bridgehead atoms. The van der Waals surface area contributed by atoms with Crippen molar-refractivity contribution in [2.45, 2.75) is 45.8 Å². The summed E-state index contributed by atoms with van der Waals surface area (Å²) in [6.07, 6.45) is -0.441. The maximum absolute atomic E-state index is 11.2. The largest absolute Gasteiger partial charge is 0.444 e. The molecule has 0 aliphatic heterocycles. The van der Waals surface area contributed by atoms with Crippen LogP contribution in [-0.4, -0.2) is 23.0 Å². The molecule has 1 amide bonds. The minimum atomic E-state index is -0.539. The van der Waals surface area contributed by atoms with Crippen LogP contribution in [0.25, 0.3) is 0 Å². The molecule has 0 radical (unpaired) electrons. The SMILES string of the molecule is CC(CC(=O)Cl)NC(=O)OC(C)(C)C. The number of hydrogen-bond acceptors (Lipinski definition) is 3. The number of nitrogens with one attached hydrogen (secondary N) is 1. The zero-order valence-corrected chi connectivity index (χ0v) is 9.64. The number of carbonyl (C=O) groups excluding carboxylic acids is 2. The van der Waals surface area contributed by atoms with Gasteiger partial charge < -0.3 is 10.1 Å². The lowest BCUT2D eigenvalue weighted by Gasteiger charge is -2.21. The Morgan fingerprint density at radius 3 is 2.29 bits per heavy atom. The molecule has 82 valence electrons. The number of halogens is 1. The third kappa shape index (κ3) is 7.86. The van der Waals surface area contributed by atoms with E-state index in [9.17, 15) is 9.59 Å². The lowest BCUT2D eigenvalue weighted by atomic mass is 10.2. The normalized spacial score (nSPS) is 13.2. The summed E-state index contributed by atoms with van der Waals surface area (Å²) in [7, 11) is 0.